The summed E-state index contributed by atoms with van der Waals surface area (Å²) in [5.41, 5.74) is 2.33. The molecule has 1 rings (SSSR count). The van der Waals surface area contributed by atoms with Crippen LogP contribution in [0.15, 0.2) is 6.20 Å². The number of nitrogens with zero attached hydrogens (tertiary/aromatic N) is 1. The van der Waals surface area contributed by atoms with Gasteiger partial charge in [0.25, 0.3) is 6.43 Å². The Morgan fingerprint density at radius 1 is 1.38 bits per heavy atom. The van der Waals surface area contributed by atoms with Crippen molar-refractivity contribution in [3.05, 3.63) is 28.6 Å². The fraction of sp³-hybridized carbons (Fsp3) is 0.444. The summed E-state index contributed by atoms with van der Waals surface area (Å²) >= 11 is 3.28. The molecule has 0 bridgehead atoms. The largest absolute Gasteiger partial charge is 0.280 e. The van der Waals surface area contributed by atoms with Crippen LogP contribution in [0.25, 0.3) is 0 Å². The summed E-state index contributed by atoms with van der Waals surface area (Å²) in [7, 11) is 0. The third-order valence-corrected chi connectivity index (χ3v) is 2.74. The average Bonchev–Trinajstić information content (AvgIpc) is 2.09. The number of halogens is 3. The van der Waals surface area contributed by atoms with Crippen LogP contribution in [0.2, 0.25) is 0 Å². The van der Waals surface area contributed by atoms with Crippen molar-refractivity contribution in [1.82, 2.24) is 4.98 Å². The average molecular weight is 250 g/mol. The van der Waals surface area contributed by atoms with Gasteiger partial charge in [-0.1, -0.05) is 15.9 Å². The van der Waals surface area contributed by atoms with Crippen LogP contribution in [0.4, 0.5) is 8.78 Å². The first-order chi connectivity index (χ1) is 6.07. The van der Waals surface area contributed by atoms with Crippen molar-refractivity contribution in [2.75, 3.05) is 0 Å². The van der Waals surface area contributed by atoms with E-state index in [9.17, 15) is 8.78 Å². The molecule has 0 fully saturated rings. The first-order valence-corrected chi connectivity index (χ1v) is 4.99. The maximum Gasteiger partial charge on any atom is 0.280 e. The van der Waals surface area contributed by atoms with Gasteiger partial charge in [0.05, 0.1) is 0 Å². The van der Waals surface area contributed by atoms with Gasteiger partial charge in [0, 0.05) is 11.5 Å². The number of pyridine rings is 1. The Bertz CT molecular complexity index is 313. The molecule has 0 aliphatic heterocycles. The van der Waals surface area contributed by atoms with Crippen molar-refractivity contribution in [2.45, 2.75) is 25.6 Å². The molecule has 0 saturated carbocycles. The fourth-order valence-electron chi connectivity index (χ4n) is 1.13. The Morgan fingerprint density at radius 3 is 2.46 bits per heavy atom. The van der Waals surface area contributed by atoms with E-state index in [0.29, 0.717) is 10.9 Å². The van der Waals surface area contributed by atoms with Crippen molar-refractivity contribution in [3.63, 3.8) is 0 Å². The highest BCUT2D eigenvalue weighted by atomic mass is 79.9. The van der Waals surface area contributed by atoms with Crippen molar-refractivity contribution < 1.29 is 8.78 Å². The molecule has 13 heavy (non-hydrogen) atoms. The Morgan fingerprint density at radius 2 is 2.00 bits per heavy atom. The van der Waals surface area contributed by atoms with Gasteiger partial charge in [0.1, 0.15) is 5.69 Å². The highest BCUT2D eigenvalue weighted by Gasteiger charge is 2.14. The molecule has 72 valence electrons. The van der Waals surface area contributed by atoms with Gasteiger partial charge in [0.2, 0.25) is 0 Å². The Hall–Kier alpha value is -0.510. The van der Waals surface area contributed by atoms with E-state index >= 15 is 0 Å². The predicted octanol–water partition coefficient (Wildman–Crippen LogP) is 3.53. The third kappa shape index (κ3) is 2.05. The van der Waals surface area contributed by atoms with Crippen LogP contribution < -0.4 is 0 Å². The normalized spacial score (nSPS) is 10.9. The Labute approximate surface area is 84.3 Å². The zero-order chi connectivity index (χ0) is 10.0. The van der Waals surface area contributed by atoms with Gasteiger partial charge in [0.15, 0.2) is 0 Å². The van der Waals surface area contributed by atoms with E-state index in [-0.39, 0.29) is 5.69 Å². The molecule has 4 heteroatoms. The highest BCUT2D eigenvalue weighted by molar-refractivity contribution is 9.08. The molecular formula is C9H10BrF2N. The minimum absolute atomic E-state index is 0.109. The molecule has 1 nitrogen and oxygen atoms in total. The molecule has 1 heterocycles. The van der Waals surface area contributed by atoms with E-state index in [2.05, 4.69) is 20.9 Å². The van der Waals surface area contributed by atoms with Crippen LogP contribution in [-0.2, 0) is 5.33 Å². The number of hydrogen-bond acceptors (Lipinski definition) is 1. The van der Waals surface area contributed by atoms with Crippen molar-refractivity contribution in [1.29, 1.82) is 0 Å². The monoisotopic (exact) mass is 249 g/mol. The van der Waals surface area contributed by atoms with Gasteiger partial charge in [-0.05, 0) is 30.5 Å². The van der Waals surface area contributed by atoms with E-state index in [4.69, 9.17) is 0 Å². The van der Waals surface area contributed by atoms with Gasteiger partial charge in [-0.3, -0.25) is 4.98 Å². The number of alkyl halides is 3. The molecule has 0 aliphatic rings. The lowest BCUT2D eigenvalue weighted by Gasteiger charge is -2.09. The Balaban J connectivity index is 3.23. The molecule has 0 aliphatic carbocycles. The van der Waals surface area contributed by atoms with E-state index < -0.39 is 6.43 Å². The second-order valence-electron chi connectivity index (χ2n) is 2.85. The van der Waals surface area contributed by atoms with E-state index in [1.165, 1.54) is 6.20 Å². The van der Waals surface area contributed by atoms with E-state index in [1.807, 2.05) is 6.92 Å². The van der Waals surface area contributed by atoms with Gasteiger partial charge >= 0.3 is 0 Å². The first-order valence-electron chi connectivity index (χ1n) is 3.87. The van der Waals surface area contributed by atoms with Crippen LogP contribution in [0, 0.1) is 13.8 Å². The lowest BCUT2D eigenvalue weighted by atomic mass is 10.1. The molecule has 1 aromatic rings. The van der Waals surface area contributed by atoms with E-state index in [1.54, 1.807) is 6.92 Å². The summed E-state index contributed by atoms with van der Waals surface area (Å²) in [5.74, 6) is 0. The van der Waals surface area contributed by atoms with Crippen LogP contribution in [0.3, 0.4) is 0 Å². The predicted molar refractivity (Wildman–Crippen MR) is 51.3 cm³/mol. The van der Waals surface area contributed by atoms with Gasteiger partial charge in [-0.15, -0.1) is 0 Å². The fourth-order valence-corrected chi connectivity index (χ4v) is 1.69. The molecule has 0 unspecified atom stereocenters. The van der Waals surface area contributed by atoms with Crippen LogP contribution in [0.1, 0.15) is 28.8 Å². The molecule has 0 aromatic carbocycles. The van der Waals surface area contributed by atoms with Gasteiger partial charge < -0.3 is 0 Å². The lowest BCUT2D eigenvalue weighted by molar-refractivity contribution is 0.145. The maximum atomic E-state index is 12.4. The molecular weight excluding hydrogens is 240 g/mol. The summed E-state index contributed by atoms with van der Waals surface area (Å²) in [6.45, 7) is 3.51. The Kier molecular flexibility index (Phi) is 3.36. The molecule has 0 N–H and O–H groups in total. The zero-order valence-corrected chi connectivity index (χ0v) is 9.03. The second-order valence-corrected chi connectivity index (χ2v) is 3.41. The van der Waals surface area contributed by atoms with Crippen molar-refractivity contribution >= 4 is 15.9 Å². The number of aromatic nitrogens is 1. The van der Waals surface area contributed by atoms with Crippen LogP contribution in [0.5, 0.6) is 0 Å². The summed E-state index contributed by atoms with van der Waals surface area (Å²) < 4.78 is 24.7. The molecule has 0 amide bonds. The standard InChI is InChI=1S/C9H10BrF2N/c1-5-6(2)8(9(11)12)13-4-7(5)3-10/h4,9H,3H2,1-2H3. The summed E-state index contributed by atoms with van der Waals surface area (Å²) in [4.78, 5) is 3.73. The van der Waals surface area contributed by atoms with Crippen molar-refractivity contribution in [2.24, 2.45) is 0 Å². The molecule has 0 atom stereocenters. The van der Waals surface area contributed by atoms with Crippen LogP contribution >= 0.6 is 15.9 Å². The smallest absolute Gasteiger partial charge is 0.255 e. The molecule has 0 radical (unpaired) electrons. The molecule has 0 saturated heterocycles. The second kappa shape index (κ2) is 4.13. The minimum atomic E-state index is -2.48. The molecule has 0 spiro atoms. The summed E-state index contributed by atoms with van der Waals surface area (Å²) in [6.07, 6.45) is -0.985. The number of hydrogen-bond donors (Lipinski definition) is 0. The zero-order valence-electron chi connectivity index (χ0n) is 7.44. The number of rotatable bonds is 2. The minimum Gasteiger partial charge on any atom is -0.255 e. The maximum absolute atomic E-state index is 12.4. The summed E-state index contributed by atoms with van der Waals surface area (Å²) in [6, 6.07) is 0. The lowest BCUT2D eigenvalue weighted by Crippen LogP contribution is -2.00. The SMILES string of the molecule is Cc1c(CBr)cnc(C(F)F)c1C. The van der Waals surface area contributed by atoms with Crippen molar-refractivity contribution in [3.8, 4) is 0 Å². The quantitative estimate of drug-likeness (QED) is 0.731. The highest BCUT2D eigenvalue weighted by Crippen LogP contribution is 2.24. The first kappa shape index (κ1) is 10.6. The summed E-state index contributed by atoms with van der Waals surface area (Å²) in [5, 5.41) is 0.649. The third-order valence-electron chi connectivity index (χ3n) is 2.14. The molecule has 1 aromatic heterocycles. The van der Waals surface area contributed by atoms with Crippen LogP contribution in [-0.4, -0.2) is 4.98 Å². The van der Waals surface area contributed by atoms with E-state index in [0.717, 1.165) is 11.1 Å². The topological polar surface area (TPSA) is 12.9 Å². The van der Waals surface area contributed by atoms with Gasteiger partial charge in [-0.25, -0.2) is 8.78 Å². The van der Waals surface area contributed by atoms with Gasteiger partial charge in [-0.2, -0.15) is 0 Å².